The molecule has 2 N–H and O–H groups in total. The fraction of sp³-hybridized carbons (Fsp3) is 0.400. The zero-order valence-electron chi connectivity index (χ0n) is 11.8. The molecule has 4 heteroatoms. The van der Waals surface area contributed by atoms with E-state index in [9.17, 15) is 4.79 Å². The molecule has 0 fully saturated rings. The number of carbonyl (C=O) groups excluding carboxylic acids is 1. The Kier molecular flexibility index (Phi) is 6.09. The van der Waals surface area contributed by atoms with Gasteiger partial charge in [0.25, 0.3) is 0 Å². The van der Waals surface area contributed by atoms with Crippen LogP contribution in [0.5, 0.6) is 0 Å². The fourth-order valence-corrected chi connectivity index (χ4v) is 1.44. The van der Waals surface area contributed by atoms with Crippen molar-refractivity contribution < 1.29 is 9.53 Å². The molecule has 0 aliphatic rings. The molecule has 0 spiro atoms. The van der Waals surface area contributed by atoms with Gasteiger partial charge in [-0.15, -0.1) is 0 Å². The van der Waals surface area contributed by atoms with Crippen LogP contribution in [-0.4, -0.2) is 37.1 Å². The average Bonchev–Trinajstić information content (AvgIpc) is 2.37. The zero-order valence-corrected chi connectivity index (χ0v) is 11.8. The van der Waals surface area contributed by atoms with Gasteiger partial charge < -0.3 is 15.4 Å². The standard InChI is InChI=1S/C15H22N2O2/c1-12(2)19-11-10-17(3)15(18)9-6-13-4-7-14(16)8-5-13/h4-9,12H,10-11,16H2,1-3H3/b9-6+. The predicted octanol–water partition coefficient (Wildman–Crippen LogP) is 2.17. The molecule has 0 saturated carbocycles. The molecule has 1 amide bonds. The molecule has 0 aliphatic carbocycles. The normalized spacial score (nSPS) is 11.2. The van der Waals surface area contributed by atoms with Gasteiger partial charge in [-0.1, -0.05) is 12.1 Å². The monoisotopic (exact) mass is 262 g/mol. The molecule has 1 aromatic rings. The van der Waals surface area contributed by atoms with Crippen molar-refractivity contribution in [2.24, 2.45) is 0 Å². The highest BCUT2D eigenvalue weighted by Gasteiger charge is 2.04. The third-order valence-corrected chi connectivity index (χ3v) is 2.61. The number of ether oxygens (including phenoxy) is 1. The smallest absolute Gasteiger partial charge is 0.246 e. The van der Waals surface area contributed by atoms with Crippen molar-refractivity contribution in [2.75, 3.05) is 25.9 Å². The minimum Gasteiger partial charge on any atom is -0.399 e. The molecule has 4 nitrogen and oxygen atoms in total. The van der Waals surface area contributed by atoms with E-state index < -0.39 is 0 Å². The Balaban J connectivity index is 2.42. The van der Waals surface area contributed by atoms with Crippen molar-refractivity contribution in [1.82, 2.24) is 4.90 Å². The van der Waals surface area contributed by atoms with Gasteiger partial charge in [-0.25, -0.2) is 0 Å². The molecule has 0 aliphatic heterocycles. The summed E-state index contributed by atoms with van der Waals surface area (Å²) in [5.41, 5.74) is 7.26. The first kappa shape index (κ1) is 15.2. The van der Waals surface area contributed by atoms with E-state index in [1.165, 1.54) is 0 Å². The van der Waals surface area contributed by atoms with Gasteiger partial charge in [0.1, 0.15) is 0 Å². The van der Waals surface area contributed by atoms with E-state index >= 15 is 0 Å². The lowest BCUT2D eigenvalue weighted by molar-refractivity contribution is -0.125. The Morgan fingerprint density at radius 3 is 2.58 bits per heavy atom. The highest BCUT2D eigenvalue weighted by atomic mass is 16.5. The molecule has 0 aromatic heterocycles. The van der Waals surface area contributed by atoms with E-state index in [-0.39, 0.29) is 12.0 Å². The molecule has 19 heavy (non-hydrogen) atoms. The molecule has 1 rings (SSSR count). The third kappa shape index (κ3) is 6.06. The van der Waals surface area contributed by atoms with Crippen LogP contribution in [0.25, 0.3) is 6.08 Å². The van der Waals surface area contributed by atoms with Crippen molar-refractivity contribution >= 4 is 17.7 Å². The molecule has 0 bridgehead atoms. The van der Waals surface area contributed by atoms with E-state index in [4.69, 9.17) is 10.5 Å². The predicted molar refractivity (Wildman–Crippen MR) is 78.6 cm³/mol. The van der Waals surface area contributed by atoms with Gasteiger partial charge in [0.15, 0.2) is 0 Å². The van der Waals surface area contributed by atoms with Crippen molar-refractivity contribution in [3.05, 3.63) is 35.9 Å². The number of hydrogen-bond donors (Lipinski definition) is 1. The minimum atomic E-state index is -0.0378. The SMILES string of the molecule is CC(C)OCCN(C)C(=O)/C=C/c1ccc(N)cc1. The van der Waals surface area contributed by atoms with Gasteiger partial charge in [0, 0.05) is 25.4 Å². The number of nitrogen functional groups attached to an aromatic ring is 1. The number of likely N-dealkylation sites (N-methyl/N-ethyl adjacent to an activating group) is 1. The maximum Gasteiger partial charge on any atom is 0.246 e. The van der Waals surface area contributed by atoms with Gasteiger partial charge >= 0.3 is 0 Å². The van der Waals surface area contributed by atoms with E-state index in [0.29, 0.717) is 18.8 Å². The first-order valence-electron chi connectivity index (χ1n) is 6.39. The lowest BCUT2D eigenvalue weighted by Crippen LogP contribution is -2.29. The number of anilines is 1. The maximum atomic E-state index is 11.8. The summed E-state index contributed by atoms with van der Waals surface area (Å²) in [6, 6.07) is 7.37. The van der Waals surface area contributed by atoms with Crippen LogP contribution in [0.4, 0.5) is 5.69 Å². The number of carbonyl (C=O) groups is 1. The Hall–Kier alpha value is -1.81. The number of benzene rings is 1. The number of amides is 1. The summed E-state index contributed by atoms with van der Waals surface area (Å²) in [6.07, 6.45) is 3.52. The summed E-state index contributed by atoms with van der Waals surface area (Å²) >= 11 is 0. The number of nitrogens with two attached hydrogens (primary N) is 1. The van der Waals surface area contributed by atoms with E-state index in [1.54, 1.807) is 24.1 Å². The molecular weight excluding hydrogens is 240 g/mol. The van der Waals surface area contributed by atoms with E-state index in [2.05, 4.69) is 0 Å². The number of rotatable bonds is 6. The second kappa shape index (κ2) is 7.59. The van der Waals surface area contributed by atoms with Gasteiger partial charge in [-0.3, -0.25) is 4.79 Å². The van der Waals surface area contributed by atoms with Crippen LogP contribution in [0.15, 0.2) is 30.3 Å². The minimum absolute atomic E-state index is 0.0378. The average molecular weight is 262 g/mol. The van der Waals surface area contributed by atoms with Crippen molar-refractivity contribution in [3.63, 3.8) is 0 Å². The van der Waals surface area contributed by atoms with Crippen molar-refractivity contribution in [1.29, 1.82) is 0 Å². The Labute approximate surface area is 114 Å². The summed E-state index contributed by atoms with van der Waals surface area (Å²) < 4.78 is 5.41. The molecule has 0 unspecified atom stereocenters. The molecule has 104 valence electrons. The van der Waals surface area contributed by atoms with Crippen LogP contribution < -0.4 is 5.73 Å². The van der Waals surface area contributed by atoms with Gasteiger partial charge in [0.2, 0.25) is 5.91 Å². The molecular formula is C15H22N2O2. The first-order chi connectivity index (χ1) is 8.99. The van der Waals surface area contributed by atoms with Gasteiger partial charge in [-0.2, -0.15) is 0 Å². The quantitative estimate of drug-likeness (QED) is 0.631. The molecule has 0 atom stereocenters. The second-order valence-corrected chi connectivity index (χ2v) is 4.68. The fourth-order valence-electron chi connectivity index (χ4n) is 1.44. The highest BCUT2D eigenvalue weighted by Crippen LogP contribution is 2.07. The summed E-state index contributed by atoms with van der Waals surface area (Å²) in [6.45, 7) is 5.09. The topological polar surface area (TPSA) is 55.6 Å². The summed E-state index contributed by atoms with van der Waals surface area (Å²) in [7, 11) is 1.76. The van der Waals surface area contributed by atoms with Gasteiger partial charge in [0.05, 0.1) is 12.7 Å². The van der Waals surface area contributed by atoms with Crippen molar-refractivity contribution in [3.8, 4) is 0 Å². The molecule has 1 aromatic carbocycles. The van der Waals surface area contributed by atoms with Crippen LogP contribution in [0.2, 0.25) is 0 Å². The Bertz CT molecular complexity index is 424. The maximum absolute atomic E-state index is 11.8. The van der Waals surface area contributed by atoms with Crippen LogP contribution in [0.3, 0.4) is 0 Å². The Morgan fingerprint density at radius 1 is 1.37 bits per heavy atom. The van der Waals surface area contributed by atoms with E-state index in [1.807, 2.05) is 38.1 Å². The Morgan fingerprint density at radius 2 is 2.00 bits per heavy atom. The number of nitrogens with zero attached hydrogens (tertiary/aromatic N) is 1. The zero-order chi connectivity index (χ0) is 14.3. The van der Waals surface area contributed by atoms with Crippen LogP contribution in [0, 0.1) is 0 Å². The summed E-state index contributed by atoms with van der Waals surface area (Å²) in [4.78, 5) is 13.5. The van der Waals surface area contributed by atoms with Crippen LogP contribution >= 0.6 is 0 Å². The largest absolute Gasteiger partial charge is 0.399 e. The van der Waals surface area contributed by atoms with Crippen LogP contribution in [-0.2, 0) is 9.53 Å². The number of hydrogen-bond acceptors (Lipinski definition) is 3. The van der Waals surface area contributed by atoms with Crippen molar-refractivity contribution in [2.45, 2.75) is 20.0 Å². The second-order valence-electron chi connectivity index (χ2n) is 4.68. The lowest BCUT2D eigenvalue weighted by Gasteiger charge is -2.16. The van der Waals surface area contributed by atoms with E-state index in [0.717, 1.165) is 5.56 Å². The summed E-state index contributed by atoms with van der Waals surface area (Å²) in [5.74, 6) is -0.0378. The summed E-state index contributed by atoms with van der Waals surface area (Å²) in [5, 5.41) is 0. The first-order valence-corrected chi connectivity index (χ1v) is 6.39. The molecule has 0 heterocycles. The third-order valence-electron chi connectivity index (χ3n) is 2.61. The van der Waals surface area contributed by atoms with Crippen LogP contribution in [0.1, 0.15) is 19.4 Å². The van der Waals surface area contributed by atoms with Gasteiger partial charge in [-0.05, 0) is 37.6 Å². The highest BCUT2D eigenvalue weighted by molar-refractivity contribution is 5.91. The molecule has 0 saturated heterocycles. The lowest BCUT2D eigenvalue weighted by atomic mass is 10.2. The molecule has 0 radical (unpaired) electrons.